The van der Waals surface area contributed by atoms with E-state index in [9.17, 15) is 4.79 Å². The smallest absolute Gasteiger partial charge is 0.270 e. The number of rotatable bonds is 6. The first-order chi connectivity index (χ1) is 10.8. The van der Waals surface area contributed by atoms with Gasteiger partial charge in [0.15, 0.2) is 10.8 Å². The average Bonchev–Trinajstić information content (AvgIpc) is 3.22. The number of nitrogens with zero attached hydrogens (tertiary/aromatic N) is 1. The fourth-order valence-electron chi connectivity index (χ4n) is 1.83. The van der Waals surface area contributed by atoms with Gasteiger partial charge in [0, 0.05) is 5.38 Å². The third-order valence-electron chi connectivity index (χ3n) is 2.87. The zero-order valence-corrected chi connectivity index (χ0v) is 12.5. The Morgan fingerprint density at radius 3 is 2.86 bits per heavy atom. The molecule has 3 aromatic rings. The van der Waals surface area contributed by atoms with Gasteiger partial charge in [-0.15, -0.1) is 11.3 Å². The van der Waals surface area contributed by atoms with E-state index in [0.29, 0.717) is 29.6 Å². The number of nitrogens with one attached hydrogen (secondary N) is 1. The number of hydrogen-bond donors (Lipinski definition) is 1. The first kappa shape index (κ1) is 14.3. The minimum absolute atomic E-state index is 0.217. The number of carbonyl (C=O) groups is 1. The first-order valence-corrected chi connectivity index (χ1v) is 7.66. The molecular formula is C16H14N2O3S. The van der Waals surface area contributed by atoms with Crippen LogP contribution < -0.4 is 10.1 Å². The Labute approximate surface area is 131 Å². The maximum atomic E-state index is 12.0. The van der Waals surface area contributed by atoms with Crippen molar-refractivity contribution in [3.05, 3.63) is 59.8 Å². The number of aromatic nitrogens is 1. The highest BCUT2D eigenvalue weighted by Gasteiger charge is 2.12. The summed E-state index contributed by atoms with van der Waals surface area (Å²) in [6, 6.07) is 13.1. The first-order valence-electron chi connectivity index (χ1n) is 6.78. The van der Waals surface area contributed by atoms with Crippen molar-refractivity contribution in [1.82, 2.24) is 10.3 Å². The fraction of sp³-hybridized carbons (Fsp3) is 0.125. The van der Waals surface area contributed by atoms with Gasteiger partial charge in [0.25, 0.3) is 5.91 Å². The van der Waals surface area contributed by atoms with Crippen LogP contribution in [0.15, 0.2) is 58.5 Å². The normalized spacial score (nSPS) is 10.4. The molecule has 0 bridgehead atoms. The highest BCUT2D eigenvalue weighted by atomic mass is 32.1. The minimum atomic E-state index is -0.217. The average molecular weight is 314 g/mol. The van der Waals surface area contributed by atoms with Crippen molar-refractivity contribution in [1.29, 1.82) is 0 Å². The van der Waals surface area contributed by atoms with Crippen LogP contribution in [0.3, 0.4) is 0 Å². The molecule has 3 rings (SSSR count). The Balaban J connectivity index is 1.48. The Bertz CT molecular complexity index is 723. The van der Waals surface area contributed by atoms with Crippen LogP contribution in [0.1, 0.15) is 10.5 Å². The summed E-state index contributed by atoms with van der Waals surface area (Å²) < 4.78 is 10.8. The van der Waals surface area contributed by atoms with Gasteiger partial charge >= 0.3 is 0 Å². The second kappa shape index (κ2) is 6.91. The van der Waals surface area contributed by atoms with Crippen LogP contribution in [0.25, 0.3) is 10.8 Å². The molecule has 0 atom stereocenters. The summed E-state index contributed by atoms with van der Waals surface area (Å²) >= 11 is 1.37. The number of hydrogen-bond acceptors (Lipinski definition) is 5. The van der Waals surface area contributed by atoms with E-state index in [1.165, 1.54) is 11.3 Å². The Morgan fingerprint density at radius 1 is 1.23 bits per heavy atom. The van der Waals surface area contributed by atoms with Gasteiger partial charge in [-0.25, -0.2) is 4.98 Å². The van der Waals surface area contributed by atoms with Gasteiger partial charge in [-0.2, -0.15) is 0 Å². The molecule has 1 N–H and O–H groups in total. The minimum Gasteiger partial charge on any atom is -0.492 e. The summed E-state index contributed by atoms with van der Waals surface area (Å²) in [4.78, 5) is 16.2. The van der Waals surface area contributed by atoms with Crippen LogP contribution in [0.4, 0.5) is 0 Å². The number of para-hydroxylation sites is 1. The number of amides is 1. The van der Waals surface area contributed by atoms with Crippen LogP contribution in [0, 0.1) is 0 Å². The van der Waals surface area contributed by atoms with Crippen molar-refractivity contribution in [3.8, 4) is 16.5 Å². The van der Waals surface area contributed by atoms with Crippen LogP contribution in [-0.4, -0.2) is 24.0 Å². The van der Waals surface area contributed by atoms with Crippen LogP contribution >= 0.6 is 11.3 Å². The molecule has 0 saturated carbocycles. The van der Waals surface area contributed by atoms with Gasteiger partial charge in [-0.3, -0.25) is 4.79 Å². The molecule has 6 heteroatoms. The molecule has 0 aliphatic heterocycles. The number of furan rings is 1. The standard InChI is InChI=1S/C16H14N2O3S/c19-15(17-8-10-20-12-5-2-1-3-6-12)13-11-22-16(18-13)14-7-4-9-21-14/h1-7,9,11H,8,10H2,(H,17,19). The molecule has 0 aliphatic carbocycles. The summed E-state index contributed by atoms with van der Waals surface area (Å²) in [5, 5.41) is 5.18. The molecule has 0 radical (unpaired) electrons. The largest absolute Gasteiger partial charge is 0.492 e. The predicted molar refractivity (Wildman–Crippen MR) is 84.1 cm³/mol. The molecule has 0 spiro atoms. The van der Waals surface area contributed by atoms with Gasteiger partial charge in [-0.05, 0) is 24.3 Å². The monoisotopic (exact) mass is 314 g/mol. The molecule has 2 aromatic heterocycles. The Morgan fingerprint density at radius 2 is 2.09 bits per heavy atom. The van der Waals surface area contributed by atoms with Gasteiger partial charge in [-0.1, -0.05) is 18.2 Å². The van der Waals surface area contributed by atoms with E-state index in [0.717, 1.165) is 5.75 Å². The number of benzene rings is 1. The molecule has 0 saturated heterocycles. The summed E-state index contributed by atoms with van der Waals surface area (Å²) in [6.07, 6.45) is 1.58. The summed E-state index contributed by atoms with van der Waals surface area (Å²) in [5.74, 6) is 1.23. The second-order valence-corrected chi connectivity index (χ2v) is 5.29. The molecule has 0 aliphatic rings. The number of carbonyl (C=O) groups excluding carboxylic acids is 1. The summed E-state index contributed by atoms with van der Waals surface area (Å²) in [7, 11) is 0. The molecule has 2 heterocycles. The van der Waals surface area contributed by atoms with Crippen LogP contribution in [0.2, 0.25) is 0 Å². The van der Waals surface area contributed by atoms with E-state index in [-0.39, 0.29) is 5.91 Å². The second-order valence-electron chi connectivity index (χ2n) is 4.43. The van der Waals surface area contributed by atoms with Crippen molar-refractivity contribution in [2.24, 2.45) is 0 Å². The maximum Gasteiger partial charge on any atom is 0.270 e. The molecular weight excluding hydrogens is 300 g/mol. The quantitative estimate of drug-likeness (QED) is 0.710. The van der Waals surface area contributed by atoms with Gasteiger partial charge in [0.2, 0.25) is 0 Å². The van der Waals surface area contributed by atoms with Crippen molar-refractivity contribution < 1.29 is 13.9 Å². The molecule has 1 aromatic carbocycles. The van der Waals surface area contributed by atoms with E-state index >= 15 is 0 Å². The lowest BCUT2D eigenvalue weighted by Gasteiger charge is -2.06. The Kier molecular flexibility index (Phi) is 4.50. The van der Waals surface area contributed by atoms with Crippen LogP contribution in [0.5, 0.6) is 5.75 Å². The van der Waals surface area contributed by atoms with E-state index in [1.54, 1.807) is 17.7 Å². The topological polar surface area (TPSA) is 64.4 Å². The van der Waals surface area contributed by atoms with E-state index in [4.69, 9.17) is 9.15 Å². The lowest BCUT2D eigenvalue weighted by Crippen LogP contribution is -2.28. The fourth-order valence-corrected chi connectivity index (χ4v) is 2.60. The maximum absolute atomic E-state index is 12.0. The molecule has 0 unspecified atom stereocenters. The molecule has 1 amide bonds. The number of ether oxygens (including phenoxy) is 1. The predicted octanol–water partition coefficient (Wildman–Crippen LogP) is 3.21. The van der Waals surface area contributed by atoms with Crippen molar-refractivity contribution in [3.63, 3.8) is 0 Å². The molecule has 22 heavy (non-hydrogen) atoms. The highest BCUT2D eigenvalue weighted by Crippen LogP contribution is 2.23. The Hall–Kier alpha value is -2.60. The van der Waals surface area contributed by atoms with Crippen molar-refractivity contribution >= 4 is 17.2 Å². The third-order valence-corrected chi connectivity index (χ3v) is 3.73. The van der Waals surface area contributed by atoms with E-state index < -0.39 is 0 Å². The van der Waals surface area contributed by atoms with Crippen LogP contribution in [-0.2, 0) is 0 Å². The zero-order chi connectivity index (χ0) is 15.2. The zero-order valence-electron chi connectivity index (χ0n) is 11.7. The molecule has 5 nitrogen and oxygen atoms in total. The highest BCUT2D eigenvalue weighted by molar-refractivity contribution is 7.13. The van der Waals surface area contributed by atoms with Gasteiger partial charge < -0.3 is 14.5 Å². The van der Waals surface area contributed by atoms with Crippen molar-refractivity contribution in [2.75, 3.05) is 13.2 Å². The lowest BCUT2D eigenvalue weighted by atomic mass is 10.3. The third kappa shape index (κ3) is 3.53. The van der Waals surface area contributed by atoms with Crippen molar-refractivity contribution in [2.45, 2.75) is 0 Å². The number of thiazole rings is 1. The van der Waals surface area contributed by atoms with E-state index in [1.807, 2.05) is 36.4 Å². The molecule has 112 valence electrons. The van der Waals surface area contributed by atoms with E-state index in [2.05, 4.69) is 10.3 Å². The summed E-state index contributed by atoms with van der Waals surface area (Å²) in [6.45, 7) is 0.826. The lowest BCUT2D eigenvalue weighted by molar-refractivity contribution is 0.0943. The SMILES string of the molecule is O=C(NCCOc1ccccc1)c1csc(-c2ccco2)n1. The van der Waals surface area contributed by atoms with Gasteiger partial charge in [0.1, 0.15) is 18.1 Å². The summed E-state index contributed by atoms with van der Waals surface area (Å²) in [5.41, 5.74) is 0.385. The van der Waals surface area contributed by atoms with Gasteiger partial charge in [0.05, 0.1) is 12.8 Å². The molecule has 0 fully saturated rings.